The Hall–Kier alpha value is -1.67. The van der Waals surface area contributed by atoms with Crippen LogP contribution in [0, 0.1) is 7.14 Å². The highest BCUT2D eigenvalue weighted by atomic mass is 127. The summed E-state index contributed by atoms with van der Waals surface area (Å²) in [6, 6.07) is 9.13. The summed E-state index contributed by atoms with van der Waals surface area (Å²) >= 11 is 7.76. The molecule has 1 aliphatic heterocycles. The number of aliphatic imine (C=N–C) groups is 1. The second kappa shape index (κ2) is 11.5. The Labute approximate surface area is 221 Å². The number of cyclic esters (lactones) is 1. The quantitative estimate of drug-likeness (QED) is 0.208. The third-order valence-corrected chi connectivity index (χ3v) is 7.20. The third-order valence-electron chi connectivity index (χ3n) is 4.06. The third kappa shape index (κ3) is 6.22. The van der Waals surface area contributed by atoms with E-state index in [1.54, 1.807) is 25.1 Å². The fourth-order valence-electron chi connectivity index (χ4n) is 2.73. The second-order valence-corrected chi connectivity index (χ2v) is 9.50. The Balaban J connectivity index is 1.89. The molecule has 0 radical (unpaired) electrons. The average Bonchev–Trinajstić information content (AvgIpc) is 3.10. The molecule has 0 saturated heterocycles. The van der Waals surface area contributed by atoms with E-state index in [9.17, 15) is 9.59 Å². The van der Waals surface area contributed by atoms with E-state index in [-0.39, 0.29) is 24.8 Å². The molecule has 0 bridgehead atoms. The summed E-state index contributed by atoms with van der Waals surface area (Å²) < 4.78 is 24.2. The van der Waals surface area contributed by atoms with Gasteiger partial charge in [-0.1, -0.05) is 0 Å². The first-order chi connectivity index (χ1) is 15.3. The lowest BCUT2D eigenvalue weighted by molar-refractivity contribution is -0.145. The minimum Gasteiger partial charge on any atom is -0.490 e. The van der Waals surface area contributed by atoms with E-state index in [2.05, 4.69) is 66.1 Å². The van der Waals surface area contributed by atoms with Gasteiger partial charge in [-0.3, -0.25) is 0 Å². The Morgan fingerprint density at radius 2 is 1.91 bits per heavy atom. The summed E-state index contributed by atoms with van der Waals surface area (Å²) in [5, 5.41) is 0. The van der Waals surface area contributed by atoms with Crippen molar-refractivity contribution in [3.05, 3.63) is 58.8 Å². The predicted molar refractivity (Wildman–Crippen MR) is 140 cm³/mol. The molecule has 1 heterocycles. The standard InChI is InChI=1S/C22H18BrI2NO6/c1-3-29-18-9-12(7-16(25)20(18)31-11-19(27)30-4-2)8-17-22(28)32-21(26-17)13-5-6-15(24)14(23)10-13/h5-10H,3-4,11H2,1-2H3/b17-8-. The molecule has 0 spiro atoms. The van der Waals surface area contributed by atoms with Crippen LogP contribution in [-0.2, 0) is 19.1 Å². The van der Waals surface area contributed by atoms with Gasteiger partial charge in [-0.2, -0.15) is 0 Å². The minimum absolute atomic E-state index is 0.174. The fourth-order valence-corrected chi connectivity index (χ4v) is 4.22. The molecule has 32 heavy (non-hydrogen) atoms. The van der Waals surface area contributed by atoms with Crippen molar-refractivity contribution in [3.63, 3.8) is 0 Å². The predicted octanol–water partition coefficient (Wildman–Crippen LogP) is 5.34. The Morgan fingerprint density at radius 3 is 2.59 bits per heavy atom. The van der Waals surface area contributed by atoms with E-state index < -0.39 is 11.9 Å². The molecule has 0 saturated carbocycles. The first-order valence-electron chi connectivity index (χ1n) is 9.55. The Kier molecular flexibility index (Phi) is 8.94. The monoisotopic (exact) mass is 725 g/mol. The molecule has 3 rings (SSSR count). The summed E-state index contributed by atoms with van der Waals surface area (Å²) in [7, 11) is 0. The fraction of sp³-hybridized carbons (Fsp3) is 0.227. The van der Waals surface area contributed by atoms with Gasteiger partial charge >= 0.3 is 11.9 Å². The number of hydrogen-bond acceptors (Lipinski definition) is 7. The van der Waals surface area contributed by atoms with Gasteiger partial charge in [0.1, 0.15) is 0 Å². The van der Waals surface area contributed by atoms with Crippen LogP contribution in [0.3, 0.4) is 0 Å². The van der Waals surface area contributed by atoms with Crippen LogP contribution in [-0.4, -0.2) is 37.7 Å². The topological polar surface area (TPSA) is 83.4 Å². The van der Waals surface area contributed by atoms with E-state index >= 15 is 0 Å². The van der Waals surface area contributed by atoms with Crippen LogP contribution in [0.5, 0.6) is 11.5 Å². The van der Waals surface area contributed by atoms with E-state index in [1.807, 2.05) is 25.1 Å². The van der Waals surface area contributed by atoms with Crippen molar-refractivity contribution >= 4 is 85.0 Å². The molecule has 7 nitrogen and oxygen atoms in total. The summed E-state index contributed by atoms with van der Waals surface area (Å²) in [6.45, 7) is 4.03. The van der Waals surface area contributed by atoms with Crippen LogP contribution in [0.25, 0.3) is 6.08 Å². The maximum atomic E-state index is 12.4. The molecule has 168 valence electrons. The van der Waals surface area contributed by atoms with Gasteiger partial charge in [0, 0.05) is 13.6 Å². The average molecular weight is 726 g/mol. The van der Waals surface area contributed by atoms with E-state index in [0.717, 1.165) is 8.04 Å². The maximum absolute atomic E-state index is 12.4. The zero-order valence-electron chi connectivity index (χ0n) is 17.1. The van der Waals surface area contributed by atoms with E-state index in [0.29, 0.717) is 32.8 Å². The normalized spacial score (nSPS) is 14.2. The second-order valence-electron chi connectivity index (χ2n) is 6.32. The molecular formula is C22H18BrI2NO6. The van der Waals surface area contributed by atoms with Gasteiger partial charge < -0.3 is 18.9 Å². The van der Waals surface area contributed by atoms with Crippen molar-refractivity contribution in [2.45, 2.75) is 13.8 Å². The van der Waals surface area contributed by atoms with E-state index in [4.69, 9.17) is 18.9 Å². The van der Waals surface area contributed by atoms with Gasteiger partial charge in [0.2, 0.25) is 5.90 Å². The number of esters is 2. The lowest BCUT2D eigenvalue weighted by Gasteiger charge is -2.14. The number of nitrogens with zero attached hydrogens (tertiary/aromatic N) is 1. The number of halogens is 3. The zero-order valence-corrected chi connectivity index (χ0v) is 23.0. The van der Waals surface area contributed by atoms with Crippen LogP contribution < -0.4 is 9.47 Å². The number of hydrogen-bond donors (Lipinski definition) is 0. The molecule has 10 heteroatoms. The molecule has 1 aliphatic rings. The van der Waals surface area contributed by atoms with Crippen molar-refractivity contribution in [3.8, 4) is 11.5 Å². The molecule has 0 atom stereocenters. The van der Waals surface area contributed by atoms with Crippen LogP contribution in [0.2, 0.25) is 0 Å². The Bertz CT molecular complexity index is 1120. The summed E-state index contributed by atoms with van der Waals surface area (Å²) in [5.41, 5.74) is 1.55. The molecule has 0 unspecified atom stereocenters. The van der Waals surface area contributed by atoms with Gasteiger partial charge in [0.05, 0.1) is 16.8 Å². The van der Waals surface area contributed by atoms with Crippen LogP contribution >= 0.6 is 61.1 Å². The highest BCUT2D eigenvalue weighted by molar-refractivity contribution is 14.1. The SMILES string of the molecule is CCOC(=O)COc1c(I)cc(/C=C2\N=C(c3ccc(I)c(Br)c3)OC2=O)cc1OCC. The largest absolute Gasteiger partial charge is 0.490 e. The Morgan fingerprint density at radius 1 is 1.12 bits per heavy atom. The van der Waals surface area contributed by atoms with Crippen molar-refractivity contribution in [2.24, 2.45) is 4.99 Å². The van der Waals surface area contributed by atoms with Crippen molar-refractivity contribution in [2.75, 3.05) is 19.8 Å². The van der Waals surface area contributed by atoms with E-state index in [1.165, 1.54) is 0 Å². The van der Waals surface area contributed by atoms with Crippen LogP contribution in [0.15, 0.2) is 45.5 Å². The molecule has 0 fully saturated rings. The summed E-state index contributed by atoms with van der Waals surface area (Å²) in [4.78, 5) is 28.4. The molecule has 0 aromatic heterocycles. The zero-order chi connectivity index (χ0) is 23.3. The van der Waals surface area contributed by atoms with Gasteiger partial charge in [-0.05, 0) is 117 Å². The molecule has 0 amide bonds. The molecule has 2 aromatic rings. The number of carbonyl (C=O) groups excluding carboxylic acids is 2. The van der Waals surface area contributed by atoms with Gasteiger partial charge in [0.15, 0.2) is 23.8 Å². The molecule has 2 aromatic carbocycles. The van der Waals surface area contributed by atoms with Gasteiger partial charge in [-0.15, -0.1) is 0 Å². The van der Waals surface area contributed by atoms with Crippen molar-refractivity contribution in [1.29, 1.82) is 0 Å². The van der Waals surface area contributed by atoms with Gasteiger partial charge in [-0.25, -0.2) is 14.6 Å². The molecular weight excluding hydrogens is 708 g/mol. The van der Waals surface area contributed by atoms with Crippen LogP contribution in [0.1, 0.15) is 25.0 Å². The van der Waals surface area contributed by atoms with Gasteiger partial charge in [0.25, 0.3) is 0 Å². The number of ether oxygens (including phenoxy) is 4. The first-order valence-corrected chi connectivity index (χ1v) is 12.5. The smallest absolute Gasteiger partial charge is 0.363 e. The molecule has 0 N–H and O–H groups in total. The maximum Gasteiger partial charge on any atom is 0.363 e. The van der Waals surface area contributed by atoms with Crippen molar-refractivity contribution in [1.82, 2.24) is 0 Å². The number of carbonyl (C=O) groups is 2. The number of benzene rings is 2. The van der Waals surface area contributed by atoms with Crippen LogP contribution in [0.4, 0.5) is 0 Å². The summed E-state index contributed by atoms with van der Waals surface area (Å²) in [5.74, 6) is 0.129. The first kappa shape index (κ1) is 25.0. The highest BCUT2D eigenvalue weighted by Crippen LogP contribution is 2.35. The lowest BCUT2D eigenvalue weighted by atomic mass is 10.1. The number of rotatable bonds is 8. The minimum atomic E-state index is -0.537. The lowest BCUT2D eigenvalue weighted by Crippen LogP contribution is -2.15. The van der Waals surface area contributed by atoms with Crippen molar-refractivity contribution < 1.29 is 28.5 Å². The highest BCUT2D eigenvalue weighted by Gasteiger charge is 2.25. The molecule has 0 aliphatic carbocycles. The summed E-state index contributed by atoms with van der Waals surface area (Å²) in [6.07, 6.45) is 1.62.